The fraction of sp³-hybridized carbons (Fsp3) is 0.0769. The molecule has 3 aliphatic heterocycles. The number of benzene rings is 14. The van der Waals surface area contributed by atoms with Crippen molar-refractivity contribution in [3.63, 3.8) is 0 Å². The van der Waals surface area contributed by atoms with E-state index in [4.69, 9.17) is 13.0 Å². The van der Waals surface area contributed by atoms with Crippen LogP contribution in [-0.2, 0) is 10.8 Å². The Bertz CT molecular complexity index is 6800. The zero-order valence-electron chi connectivity index (χ0n) is 71.3. The maximum absolute atomic E-state index is 11.7. The van der Waals surface area contributed by atoms with Gasteiger partial charge in [0.05, 0.1) is 52.4 Å². The van der Waals surface area contributed by atoms with Gasteiger partial charge in [0.15, 0.2) is 0 Å². The minimum absolute atomic E-state index is 0.00648. The molecule has 0 fully saturated rings. The quantitative estimate of drug-likeness (QED) is 0.142. The van der Waals surface area contributed by atoms with Crippen LogP contribution in [0.5, 0.6) is 11.5 Å². The molecule has 0 saturated heterocycles. The van der Waals surface area contributed by atoms with Crippen LogP contribution in [0.2, 0.25) is 0 Å². The molecular formula is C91H66BN3OS. The van der Waals surface area contributed by atoms with Gasteiger partial charge in [-0.05, 0) is 169 Å². The van der Waals surface area contributed by atoms with E-state index in [1.54, 1.807) is 12.1 Å². The lowest BCUT2D eigenvalue weighted by atomic mass is 9.34. The number of aromatic nitrogens is 2. The minimum Gasteiger partial charge on any atom is -0.457 e. The van der Waals surface area contributed by atoms with Gasteiger partial charge in [0.25, 0.3) is 0 Å². The summed E-state index contributed by atoms with van der Waals surface area (Å²) in [6.07, 6.45) is 0. The summed E-state index contributed by atoms with van der Waals surface area (Å²) < 4.78 is 182. The molecule has 460 valence electrons. The first-order valence-corrected chi connectivity index (χ1v) is 33.2. The fourth-order valence-electron chi connectivity index (χ4n) is 14.9. The van der Waals surface area contributed by atoms with Gasteiger partial charge in [-0.15, -0.1) is 0 Å². The number of anilines is 3. The topological polar surface area (TPSA) is 22.3 Å². The lowest BCUT2D eigenvalue weighted by Gasteiger charge is -2.42. The first-order chi connectivity index (χ1) is 55.0. The highest BCUT2D eigenvalue weighted by Crippen LogP contribution is 2.54. The van der Waals surface area contributed by atoms with Crippen LogP contribution >= 0.6 is 11.8 Å². The first kappa shape index (κ1) is 41.5. The molecule has 0 atom stereocenters. The highest BCUT2D eigenvalue weighted by Gasteiger charge is 2.44. The molecular weight excluding hydrogens is 1190 g/mol. The van der Waals surface area contributed by atoms with Gasteiger partial charge in [0, 0.05) is 81.8 Å². The molecule has 16 aromatic rings. The van der Waals surface area contributed by atoms with Crippen LogP contribution in [0.1, 0.15) is 76.0 Å². The second kappa shape index (κ2) is 21.9. The normalized spacial score (nSPS) is 16.1. The van der Waals surface area contributed by atoms with Gasteiger partial charge in [-0.3, -0.25) is 0 Å². The minimum atomic E-state index is -0.922. The molecule has 14 aromatic carbocycles. The summed E-state index contributed by atoms with van der Waals surface area (Å²) in [4.78, 5) is 3.08. The number of para-hydroxylation sites is 5. The van der Waals surface area contributed by atoms with Crippen molar-refractivity contribution >= 4 is 95.5 Å². The molecule has 3 aliphatic rings. The van der Waals surface area contributed by atoms with Crippen molar-refractivity contribution in [2.45, 2.75) is 55.2 Å². The average molecular weight is 1280 g/mol. The zero-order valence-corrected chi connectivity index (χ0v) is 54.1. The van der Waals surface area contributed by atoms with Crippen LogP contribution in [0.4, 0.5) is 17.1 Å². The summed E-state index contributed by atoms with van der Waals surface area (Å²) in [5, 5.41) is -0.446. The summed E-state index contributed by atoms with van der Waals surface area (Å²) in [5.74, 6) is 1.28. The number of fused-ring (bicyclic) bond motifs is 12. The van der Waals surface area contributed by atoms with Crippen molar-refractivity contribution in [1.29, 1.82) is 0 Å². The predicted molar refractivity (Wildman–Crippen MR) is 410 cm³/mol. The molecule has 0 bridgehead atoms. The second-order valence-electron chi connectivity index (χ2n) is 26.6. The zero-order chi connectivity index (χ0) is 80.5. The van der Waals surface area contributed by atoms with E-state index in [9.17, 15) is 16.4 Å². The van der Waals surface area contributed by atoms with E-state index in [1.807, 2.05) is 115 Å². The van der Waals surface area contributed by atoms with Crippen molar-refractivity contribution < 1.29 is 29.4 Å². The van der Waals surface area contributed by atoms with Gasteiger partial charge in [-0.1, -0.05) is 258 Å². The highest BCUT2D eigenvalue weighted by molar-refractivity contribution is 8.00. The van der Waals surface area contributed by atoms with Crippen LogP contribution in [0, 0.1) is 0 Å². The Kier molecular flexibility index (Phi) is 9.36. The molecule has 0 unspecified atom stereocenters. The fourth-order valence-corrected chi connectivity index (χ4v) is 16.1. The number of hydrogen-bond acceptors (Lipinski definition) is 3. The third kappa shape index (κ3) is 9.07. The molecule has 0 aliphatic carbocycles. The SMILES string of the molecule is [2H]c1c2c3c(c([2H])c1-c1ccc4c(c1)C(C)(C)c1ccccc1O4)N(c1c(-c4cccc(-c5ccccc5)c4)cc(C(C)(C)C)cc1-c1cccc(-c4ccccc4)c1)c1cc(-n4c5c([2H])c([2H])c([2H])c([2H])c5c5c([2H])c([2H])c([2H])c([2H])c54)ccc1B3c1ccc(-n3c4c([2H])c([2H])c([2H])c([2H])c4c4c([2H])c([2H])c([2H])c([2H])c43)cc1S2. The van der Waals surface area contributed by atoms with Crippen LogP contribution in [0.15, 0.2) is 319 Å². The Hall–Kier alpha value is -11.3. The Morgan fingerprint density at radius 3 is 1.45 bits per heavy atom. The van der Waals surface area contributed by atoms with Crippen molar-refractivity contribution in [1.82, 2.24) is 9.13 Å². The summed E-state index contributed by atoms with van der Waals surface area (Å²) >= 11 is 1.27. The van der Waals surface area contributed by atoms with E-state index >= 15 is 0 Å². The standard InChI is InChI=1S/C91H66BN3OS/c1-90(2,3)65-53-72(62-30-22-28-59(48-62)57-24-8-6-9-25-57)89(73(54-65)63-31-23-29-60(49-63)58-26-10-7-11-27-58)95-82-55-66(93-78-37-17-12-32-68(78)69-33-13-18-38-79(69)93)43-45-76(82)92-77-46-44-67(94-80-39-19-14-34-70(80)71-35-15-20-40-81(71)94)56-86(77)97-87-52-64(51-83(95)88(87)92)61-42-47-85-75(50-61)91(4,5)74-36-16-21-41-84(74)96-85/h6-56H,1-5H3/i12D,13D,14D,15D,17D,18D,19D,20D,32D,33D,34D,35D,37D,38D,39D,40D,51D,52D. The van der Waals surface area contributed by atoms with Crippen molar-refractivity contribution in [3.8, 4) is 78.5 Å². The van der Waals surface area contributed by atoms with Gasteiger partial charge < -0.3 is 18.8 Å². The van der Waals surface area contributed by atoms with Gasteiger partial charge in [0.1, 0.15) is 11.5 Å². The molecule has 0 N–H and O–H groups in total. The number of hydrogen-bond donors (Lipinski definition) is 0. The third-order valence-corrected chi connectivity index (χ3v) is 20.7. The highest BCUT2D eigenvalue weighted by atomic mass is 32.2. The van der Waals surface area contributed by atoms with E-state index in [0.29, 0.717) is 60.3 Å². The van der Waals surface area contributed by atoms with E-state index in [0.717, 1.165) is 61.2 Å². The smallest absolute Gasteiger partial charge is 0.249 e. The largest absolute Gasteiger partial charge is 0.457 e. The van der Waals surface area contributed by atoms with Gasteiger partial charge in [-0.2, -0.15) is 0 Å². The third-order valence-electron chi connectivity index (χ3n) is 19.6. The molecule has 0 saturated carbocycles. The van der Waals surface area contributed by atoms with E-state index in [-0.39, 0.29) is 72.6 Å². The van der Waals surface area contributed by atoms with Crippen molar-refractivity contribution in [3.05, 3.63) is 326 Å². The molecule has 19 rings (SSSR count). The monoisotopic (exact) mass is 1280 g/mol. The summed E-state index contributed by atoms with van der Waals surface area (Å²) in [6.45, 7) is 9.81. The summed E-state index contributed by atoms with van der Waals surface area (Å²) in [5.41, 5.74) is 12.3. The van der Waals surface area contributed by atoms with Crippen LogP contribution in [-0.4, -0.2) is 15.8 Å². The molecule has 4 nitrogen and oxygen atoms in total. The van der Waals surface area contributed by atoms with Gasteiger partial charge >= 0.3 is 0 Å². The Morgan fingerprint density at radius 2 is 0.887 bits per heavy atom. The lowest BCUT2D eigenvalue weighted by molar-refractivity contribution is 0.418. The average Bonchev–Trinajstić information content (AvgIpc) is 1.69. The Balaban J connectivity index is 0.997. The molecule has 6 heteroatoms. The molecule has 2 aromatic heterocycles. The number of rotatable bonds is 8. The maximum Gasteiger partial charge on any atom is 0.249 e. The molecule has 0 amide bonds. The van der Waals surface area contributed by atoms with Crippen molar-refractivity contribution in [2.24, 2.45) is 0 Å². The van der Waals surface area contributed by atoms with Gasteiger partial charge in [0.2, 0.25) is 6.71 Å². The summed E-state index contributed by atoms with van der Waals surface area (Å²) in [6, 6.07) is 57.1. The number of ether oxygens (including phenoxy) is 1. The molecule has 5 heterocycles. The van der Waals surface area contributed by atoms with Crippen molar-refractivity contribution in [2.75, 3.05) is 4.90 Å². The molecule has 0 radical (unpaired) electrons. The Labute approximate surface area is 595 Å². The Morgan fingerprint density at radius 1 is 0.402 bits per heavy atom. The van der Waals surface area contributed by atoms with Gasteiger partial charge in [-0.25, -0.2) is 0 Å². The lowest BCUT2D eigenvalue weighted by Crippen LogP contribution is -2.60. The molecule has 97 heavy (non-hydrogen) atoms. The van der Waals surface area contributed by atoms with Crippen LogP contribution in [0.25, 0.3) is 111 Å². The molecule has 0 spiro atoms. The number of nitrogens with zero attached hydrogens (tertiary/aromatic N) is 3. The second-order valence-corrected chi connectivity index (χ2v) is 27.7. The van der Waals surface area contributed by atoms with E-state index < -0.39 is 114 Å². The van der Waals surface area contributed by atoms with E-state index in [1.165, 1.54) is 20.9 Å². The van der Waals surface area contributed by atoms with E-state index in [2.05, 4.69) is 112 Å². The first-order valence-electron chi connectivity index (χ1n) is 41.4. The summed E-state index contributed by atoms with van der Waals surface area (Å²) in [7, 11) is 0. The van der Waals surface area contributed by atoms with Crippen LogP contribution in [0.3, 0.4) is 0 Å². The predicted octanol–water partition coefficient (Wildman–Crippen LogP) is 22.7. The maximum atomic E-state index is 11.7. The van der Waals surface area contributed by atoms with Crippen LogP contribution < -0.4 is 26.0 Å².